The largest absolute Gasteiger partial charge is 0.360 e. The number of hydrogen-bond acceptors (Lipinski definition) is 3. The zero-order chi connectivity index (χ0) is 9.84. The van der Waals surface area contributed by atoms with E-state index in [9.17, 15) is 0 Å². The zero-order valence-electron chi connectivity index (χ0n) is 8.16. The lowest BCUT2D eigenvalue weighted by molar-refractivity contribution is 0.0775. The van der Waals surface area contributed by atoms with E-state index in [-0.39, 0.29) is 0 Å². The number of nitrogens with zero attached hydrogens (tertiary/aromatic N) is 3. The van der Waals surface area contributed by atoms with Crippen LogP contribution < -0.4 is 0 Å². The van der Waals surface area contributed by atoms with Crippen molar-refractivity contribution in [2.75, 3.05) is 6.61 Å². The van der Waals surface area contributed by atoms with Crippen LogP contribution in [0.1, 0.15) is 23.9 Å². The summed E-state index contributed by atoms with van der Waals surface area (Å²) in [6.07, 6.45) is 0. The zero-order valence-corrected chi connectivity index (χ0v) is 8.16. The normalized spacial score (nSPS) is 10.0. The monoisotopic (exact) mass is 179 g/mol. The van der Waals surface area contributed by atoms with E-state index in [4.69, 9.17) is 10.00 Å². The van der Waals surface area contributed by atoms with Gasteiger partial charge in [-0.15, -0.1) is 0 Å². The van der Waals surface area contributed by atoms with Crippen LogP contribution in [0.15, 0.2) is 0 Å². The van der Waals surface area contributed by atoms with Crippen molar-refractivity contribution in [3.8, 4) is 6.07 Å². The minimum absolute atomic E-state index is 0.421. The molecule has 0 radical (unpaired) electrons. The van der Waals surface area contributed by atoms with E-state index in [0.29, 0.717) is 18.9 Å². The van der Waals surface area contributed by atoms with Crippen molar-refractivity contribution in [2.45, 2.75) is 27.5 Å². The molecule has 0 aromatic carbocycles. The Balaban J connectivity index is 2.92. The average molecular weight is 179 g/mol. The summed E-state index contributed by atoms with van der Waals surface area (Å²) in [6.45, 7) is 6.70. The smallest absolute Gasteiger partial charge is 0.139 e. The molecule has 0 saturated heterocycles. The Labute approximate surface area is 77.7 Å². The Hall–Kier alpha value is -1.34. The Morgan fingerprint density at radius 2 is 2.23 bits per heavy atom. The topological polar surface area (TPSA) is 50.8 Å². The third-order valence-electron chi connectivity index (χ3n) is 1.91. The number of aryl methyl sites for hydroxylation is 1. The molecule has 0 aliphatic heterocycles. The standard InChI is InChI=1S/C9H13N3O/c1-4-13-6-12-8(3)9(5-10)7(2)11-12/h4,6H2,1-3H3. The third kappa shape index (κ3) is 1.87. The molecule has 13 heavy (non-hydrogen) atoms. The molecule has 1 aromatic heterocycles. The van der Waals surface area contributed by atoms with Crippen molar-refractivity contribution in [1.29, 1.82) is 5.26 Å². The third-order valence-corrected chi connectivity index (χ3v) is 1.91. The van der Waals surface area contributed by atoms with Crippen LogP contribution >= 0.6 is 0 Å². The van der Waals surface area contributed by atoms with E-state index in [1.54, 1.807) is 4.68 Å². The van der Waals surface area contributed by atoms with Crippen molar-refractivity contribution in [3.05, 3.63) is 17.0 Å². The van der Waals surface area contributed by atoms with Gasteiger partial charge in [-0.3, -0.25) is 0 Å². The molecule has 0 fully saturated rings. The molecule has 1 rings (SSSR count). The summed E-state index contributed by atoms with van der Waals surface area (Å²) in [6, 6.07) is 2.12. The Morgan fingerprint density at radius 1 is 1.54 bits per heavy atom. The molecule has 0 spiro atoms. The minimum atomic E-state index is 0.421. The molecule has 0 aliphatic carbocycles. The minimum Gasteiger partial charge on any atom is -0.360 e. The van der Waals surface area contributed by atoms with Crippen molar-refractivity contribution < 1.29 is 4.74 Å². The number of ether oxygens (including phenoxy) is 1. The summed E-state index contributed by atoms with van der Waals surface area (Å²) >= 11 is 0. The van der Waals surface area contributed by atoms with E-state index in [1.807, 2.05) is 20.8 Å². The van der Waals surface area contributed by atoms with Crippen LogP contribution in [0.2, 0.25) is 0 Å². The summed E-state index contributed by atoms with van der Waals surface area (Å²) in [5.74, 6) is 0. The lowest BCUT2D eigenvalue weighted by atomic mass is 10.2. The molecule has 70 valence electrons. The molecule has 0 unspecified atom stereocenters. The molecule has 1 heterocycles. The lowest BCUT2D eigenvalue weighted by Gasteiger charge is -2.02. The number of nitriles is 1. The maximum Gasteiger partial charge on any atom is 0.139 e. The summed E-state index contributed by atoms with van der Waals surface area (Å²) in [5.41, 5.74) is 2.29. The van der Waals surface area contributed by atoms with Gasteiger partial charge in [-0.05, 0) is 20.8 Å². The second kappa shape index (κ2) is 4.06. The Bertz CT molecular complexity index is 335. The molecule has 0 amide bonds. The molecule has 0 aliphatic rings. The Kier molecular flexibility index (Phi) is 3.04. The maximum absolute atomic E-state index is 8.79. The summed E-state index contributed by atoms with van der Waals surface area (Å²) in [4.78, 5) is 0. The van der Waals surface area contributed by atoms with Gasteiger partial charge in [0.25, 0.3) is 0 Å². The first kappa shape index (κ1) is 9.75. The molecule has 0 bridgehead atoms. The van der Waals surface area contributed by atoms with Crippen molar-refractivity contribution in [1.82, 2.24) is 9.78 Å². The van der Waals surface area contributed by atoms with Crippen molar-refractivity contribution in [2.24, 2.45) is 0 Å². The van der Waals surface area contributed by atoms with E-state index >= 15 is 0 Å². The van der Waals surface area contributed by atoms with Crippen LogP contribution in [-0.2, 0) is 11.5 Å². The fourth-order valence-corrected chi connectivity index (χ4v) is 1.16. The second-order valence-corrected chi connectivity index (χ2v) is 2.78. The average Bonchev–Trinajstić information content (AvgIpc) is 2.38. The van der Waals surface area contributed by atoms with Crippen LogP contribution in [0, 0.1) is 25.2 Å². The molecule has 0 atom stereocenters. The van der Waals surface area contributed by atoms with Gasteiger partial charge in [0.1, 0.15) is 12.8 Å². The van der Waals surface area contributed by atoms with Gasteiger partial charge in [-0.2, -0.15) is 10.4 Å². The lowest BCUT2D eigenvalue weighted by Crippen LogP contribution is -2.05. The number of aromatic nitrogens is 2. The summed E-state index contributed by atoms with van der Waals surface area (Å²) in [5, 5.41) is 13.0. The van der Waals surface area contributed by atoms with Crippen molar-refractivity contribution >= 4 is 0 Å². The molecule has 1 aromatic rings. The van der Waals surface area contributed by atoms with Gasteiger partial charge >= 0.3 is 0 Å². The second-order valence-electron chi connectivity index (χ2n) is 2.78. The van der Waals surface area contributed by atoms with E-state index in [0.717, 1.165) is 11.4 Å². The van der Waals surface area contributed by atoms with Gasteiger partial charge in [0.05, 0.1) is 17.0 Å². The fraction of sp³-hybridized carbons (Fsp3) is 0.556. The van der Waals surface area contributed by atoms with Crippen LogP contribution in [0.5, 0.6) is 0 Å². The Morgan fingerprint density at radius 3 is 2.69 bits per heavy atom. The highest BCUT2D eigenvalue weighted by Crippen LogP contribution is 2.10. The first-order chi connectivity index (χ1) is 6.20. The maximum atomic E-state index is 8.79. The summed E-state index contributed by atoms with van der Waals surface area (Å²) in [7, 11) is 0. The number of rotatable bonds is 3. The number of hydrogen-bond donors (Lipinski definition) is 0. The van der Waals surface area contributed by atoms with Gasteiger partial charge < -0.3 is 4.74 Å². The van der Waals surface area contributed by atoms with Crippen LogP contribution in [0.25, 0.3) is 0 Å². The highest BCUT2D eigenvalue weighted by atomic mass is 16.5. The quantitative estimate of drug-likeness (QED) is 0.704. The van der Waals surface area contributed by atoms with Gasteiger partial charge in [0.2, 0.25) is 0 Å². The summed E-state index contributed by atoms with van der Waals surface area (Å²) < 4.78 is 6.91. The van der Waals surface area contributed by atoms with Gasteiger partial charge in [0, 0.05) is 6.61 Å². The van der Waals surface area contributed by atoms with Crippen LogP contribution in [0.3, 0.4) is 0 Å². The predicted octanol–water partition coefficient (Wildman–Crippen LogP) is 1.37. The predicted molar refractivity (Wildman–Crippen MR) is 48.0 cm³/mol. The van der Waals surface area contributed by atoms with Crippen LogP contribution in [-0.4, -0.2) is 16.4 Å². The van der Waals surface area contributed by atoms with Crippen LogP contribution in [0.4, 0.5) is 0 Å². The van der Waals surface area contributed by atoms with Gasteiger partial charge in [0.15, 0.2) is 0 Å². The molecule has 4 heteroatoms. The SMILES string of the molecule is CCOCn1nc(C)c(C#N)c1C. The van der Waals surface area contributed by atoms with E-state index < -0.39 is 0 Å². The molecule has 4 nitrogen and oxygen atoms in total. The van der Waals surface area contributed by atoms with E-state index in [1.165, 1.54) is 0 Å². The highest BCUT2D eigenvalue weighted by molar-refractivity contribution is 5.36. The molecular weight excluding hydrogens is 166 g/mol. The highest BCUT2D eigenvalue weighted by Gasteiger charge is 2.09. The molecule has 0 N–H and O–H groups in total. The molecular formula is C9H13N3O. The fourth-order valence-electron chi connectivity index (χ4n) is 1.16. The first-order valence-corrected chi connectivity index (χ1v) is 4.22. The first-order valence-electron chi connectivity index (χ1n) is 4.22. The van der Waals surface area contributed by atoms with E-state index in [2.05, 4.69) is 11.2 Å². The van der Waals surface area contributed by atoms with Crippen molar-refractivity contribution in [3.63, 3.8) is 0 Å². The van der Waals surface area contributed by atoms with Gasteiger partial charge in [-0.1, -0.05) is 0 Å². The van der Waals surface area contributed by atoms with Gasteiger partial charge in [-0.25, -0.2) is 4.68 Å². The molecule has 0 saturated carbocycles.